The topological polar surface area (TPSA) is 69.9 Å². The Labute approximate surface area is 88.2 Å². The Morgan fingerprint density at radius 1 is 1.67 bits per heavy atom. The Bertz CT molecular complexity index is 415. The van der Waals surface area contributed by atoms with Crippen molar-refractivity contribution >= 4 is 5.97 Å². The normalized spacial score (nSPS) is 9.93. The number of rotatable bonds is 4. The first-order valence-corrected chi connectivity index (χ1v) is 4.71. The number of carbonyl (C=O) groups is 1. The minimum absolute atomic E-state index is 0.0305. The Hall–Kier alpha value is -1.83. The van der Waals surface area contributed by atoms with Gasteiger partial charge >= 0.3 is 5.97 Å². The van der Waals surface area contributed by atoms with E-state index in [1.165, 1.54) is 0 Å². The van der Waals surface area contributed by atoms with E-state index in [4.69, 9.17) is 10.4 Å². The molecule has 5 nitrogen and oxygen atoms in total. The van der Waals surface area contributed by atoms with Crippen LogP contribution in [-0.4, -0.2) is 15.6 Å². The van der Waals surface area contributed by atoms with Gasteiger partial charge in [-0.25, -0.2) is 13.9 Å². The van der Waals surface area contributed by atoms with E-state index in [1.807, 2.05) is 24.6 Å². The maximum atomic E-state index is 10.6. The van der Waals surface area contributed by atoms with Gasteiger partial charge in [0.25, 0.3) is 5.82 Å². The summed E-state index contributed by atoms with van der Waals surface area (Å²) in [5.41, 5.74) is 0.896. The SMILES string of the molecule is Cc1c[n+](CCC#N)c(C)n1CC(=O)O. The van der Waals surface area contributed by atoms with Crippen LogP contribution in [0.15, 0.2) is 6.20 Å². The standard InChI is InChI=1S/C10H13N3O2/c1-8-6-12(5-3-4-11)9(2)13(8)7-10(14)15/h6H,3,5,7H2,1-2H3/p+1. The fourth-order valence-electron chi connectivity index (χ4n) is 1.57. The number of carboxylic acids is 1. The molecule has 0 radical (unpaired) electrons. The van der Waals surface area contributed by atoms with Crippen LogP contribution < -0.4 is 4.57 Å². The molecule has 0 amide bonds. The molecule has 1 aromatic rings. The number of hydrogen-bond acceptors (Lipinski definition) is 2. The summed E-state index contributed by atoms with van der Waals surface area (Å²) >= 11 is 0. The quantitative estimate of drug-likeness (QED) is 0.728. The molecule has 1 aromatic heterocycles. The summed E-state index contributed by atoms with van der Waals surface area (Å²) in [4.78, 5) is 10.6. The van der Waals surface area contributed by atoms with Gasteiger partial charge in [-0.1, -0.05) is 0 Å². The molecule has 0 saturated heterocycles. The summed E-state index contributed by atoms with van der Waals surface area (Å²) in [6.45, 7) is 4.29. The van der Waals surface area contributed by atoms with Crippen molar-refractivity contribution in [1.29, 1.82) is 5.26 Å². The zero-order chi connectivity index (χ0) is 11.4. The number of aliphatic carboxylic acids is 1. The zero-order valence-electron chi connectivity index (χ0n) is 8.90. The van der Waals surface area contributed by atoms with E-state index in [2.05, 4.69) is 6.07 Å². The number of nitriles is 1. The second kappa shape index (κ2) is 4.60. The summed E-state index contributed by atoms with van der Waals surface area (Å²) in [6.07, 6.45) is 2.30. The lowest BCUT2D eigenvalue weighted by Crippen LogP contribution is -2.35. The Morgan fingerprint density at radius 3 is 2.87 bits per heavy atom. The van der Waals surface area contributed by atoms with Crippen molar-refractivity contribution in [3.63, 3.8) is 0 Å². The van der Waals surface area contributed by atoms with Gasteiger partial charge in [0.05, 0.1) is 12.5 Å². The van der Waals surface area contributed by atoms with Crippen molar-refractivity contribution in [3.05, 3.63) is 17.7 Å². The molecule has 0 fully saturated rings. The van der Waals surface area contributed by atoms with Crippen molar-refractivity contribution in [3.8, 4) is 6.07 Å². The van der Waals surface area contributed by atoms with Crippen LogP contribution in [0.3, 0.4) is 0 Å². The van der Waals surface area contributed by atoms with Crippen LogP contribution >= 0.6 is 0 Å². The molecule has 1 N–H and O–H groups in total. The third-order valence-electron chi connectivity index (χ3n) is 2.33. The van der Waals surface area contributed by atoms with Gasteiger partial charge in [0, 0.05) is 13.8 Å². The second-order valence-electron chi connectivity index (χ2n) is 3.40. The van der Waals surface area contributed by atoms with Gasteiger partial charge < -0.3 is 5.11 Å². The lowest BCUT2D eigenvalue weighted by Gasteiger charge is -1.97. The van der Waals surface area contributed by atoms with Gasteiger partial charge in [-0.05, 0) is 0 Å². The lowest BCUT2D eigenvalue weighted by atomic mass is 10.4. The van der Waals surface area contributed by atoms with E-state index < -0.39 is 5.97 Å². The van der Waals surface area contributed by atoms with Crippen LogP contribution in [0.25, 0.3) is 0 Å². The van der Waals surface area contributed by atoms with E-state index in [0.717, 1.165) is 11.5 Å². The molecule has 0 atom stereocenters. The zero-order valence-corrected chi connectivity index (χ0v) is 8.90. The molecule has 1 heterocycles. The van der Waals surface area contributed by atoms with Gasteiger partial charge in [-0.15, -0.1) is 0 Å². The third kappa shape index (κ3) is 2.56. The summed E-state index contributed by atoms with van der Waals surface area (Å²) < 4.78 is 3.63. The number of aromatic nitrogens is 2. The van der Waals surface area contributed by atoms with Crippen LogP contribution in [0.2, 0.25) is 0 Å². The molecular formula is C10H14N3O2+. The Balaban J connectivity index is 2.93. The molecule has 5 heteroatoms. The Morgan fingerprint density at radius 2 is 2.33 bits per heavy atom. The van der Waals surface area contributed by atoms with Crippen molar-refractivity contribution in [1.82, 2.24) is 4.57 Å². The van der Waals surface area contributed by atoms with E-state index >= 15 is 0 Å². The number of aryl methyl sites for hydroxylation is 2. The number of carboxylic acid groups (broad SMARTS) is 1. The molecule has 1 rings (SSSR count). The smallest absolute Gasteiger partial charge is 0.346 e. The summed E-state index contributed by atoms with van der Waals surface area (Å²) in [5, 5.41) is 17.2. The maximum absolute atomic E-state index is 10.6. The first-order valence-electron chi connectivity index (χ1n) is 4.71. The van der Waals surface area contributed by atoms with Crippen LogP contribution in [0, 0.1) is 25.2 Å². The first-order chi connectivity index (χ1) is 7.06. The van der Waals surface area contributed by atoms with Gasteiger partial charge in [0.2, 0.25) is 0 Å². The van der Waals surface area contributed by atoms with Crippen molar-refractivity contribution in [2.75, 3.05) is 0 Å². The molecule has 0 aliphatic carbocycles. The maximum Gasteiger partial charge on any atom is 0.346 e. The van der Waals surface area contributed by atoms with E-state index in [0.29, 0.717) is 13.0 Å². The highest BCUT2D eigenvalue weighted by Gasteiger charge is 2.18. The molecule has 0 unspecified atom stereocenters. The predicted molar refractivity (Wildman–Crippen MR) is 52.0 cm³/mol. The van der Waals surface area contributed by atoms with Crippen molar-refractivity contribution in [2.45, 2.75) is 33.4 Å². The molecule has 0 bridgehead atoms. The highest BCUT2D eigenvalue weighted by molar-refractivity contribution is 5.66. The molecule has 0 spiro atoms. The van der Waals surface area contributed by atoms with Gasteiger partial charge in [0.15, 0.2) is 6.54 Å². The monoisotopic (exact) mass is 208 g/mol. The summed E-state index contributed by atoms with van der Waals surface area (Å²) in [6, 6.07) is 2.07. The minimum Gasteiger partial charge on any atom is -0.478 e. The van der Waals surface area contributed by atoms with Gasteiger partial charge in [-0.2, -0.15) is 5.26 Å². The summed E-state index contributed by atoms with van der Waals surface area (Å²) in [5.74, 6) is 0.00869. The van der Waals surface area contributed by atoms with E-state index in [1.54, 1.807) is 4.57 Å². The van der Waals surface area contributed by atoms with Gasteiger partial charge in [-0.3, -0.25) is 0 Å². The third-order valence-corrected chi connectivity index (χ3v) is 2.33. The van der Waals surface area contributed by atoms with Gasteiger partial charge in [0.1, 0.15) is 18.4 Å². The van der Waals surface area contributed by atoms with Crippen molar-refractivity contribution < 1.29 is 14.5 Å². The number of nitrogens with zero attached hydrogens (tertiary/aromatic N) is 3. The average Bonchev–Trinajstić information content (AvgIpc) is 2.42. The highest BCUT2D eigenvalue weighted by atomic mass is 16.4. The number of imidazole rings is 1. The largest absolute Gasteiger partial charge is 0.478 e. The molecule has 80 valence electrons. The fraction of sp³-hybridized carbons (Fsp3) is 0.500. The van der Waals surface area contributed by atoms with E-state index in [-0.39, 0.29) is 6.54 Å². The predicted octanol–water partition coefficient (Wildman–Crippen LogP) is 0.391. The van der Waals surface area contributed by atoms with Crippen molar-refractivity contribution in [2.24, 2.45) is 0 Å². The lowest BCUT2D eigenvalue weighted by molar-refractivity contribution is -0.701. The van der Waals surface area contributed by atoms with Crippen LogP contribution in [0.1, 0.15) is 17.9 Å². The molecule has 0 aliphatic rings. The molecule has 0 aliphatic heterocycles. The van der Waals surface area contributed by atoms with E-state index in [9.17, 15) is 4.79 Å². The molecule has 15 heavy (non-hydrogen) atoms. The molecule has 0 aromatic carbocycles. The van der Waals surface area contributed by atoms with Crippen LogP contribution in [0.4, 0.5) is 0 Å². The highest BCUT2D eigenvalue weighted by Crippen LogP contribution is 2.01. The molecule has 0 saturated carbocycles. The summed E-state index contributed by atoms with van der Waals surface area (Å²) in [7, 11) is 0. The first kappa shape index (κ1) is 11.2. The number of hydrogen-bond donors (Lipinski definition) is 1. The minimum atomic E-state index is -0.857. The van der Waals surface area contributed by atoms with Crippen LogP contribution in [0.5, 0.6) is 0 Å². The average molecular weight is 208 g/mol. The van der Waals surface area contributed by atoms with Crippen LogP contribution in [-0.2, 0) is 17.9 Å². The molecular weight excluding hydrogens is 194 g/mol. The fourth-order valence-corrected chi connectivity index (χ4v) is 1.57. The second-order valence-corrected chi connectivity index (χ2v) is 3.40. The Kier molecular flexibility index (Phi) is 3.45.